The van der Waals surface area contributed by atoms with E-state index in [0.29, 0.717) is 10.7 Å². The second kappa shape index (κ2) is 9.66. The molecule has 0 aliphatic heterocycles. The van der Waals surface area contributed by atoms with E-state index < -0.39 is 17.7 Å². The van der Waals surface area contributed by atoms with Crippen molar-refractivity contribution in [2.75, 3.05) is 4.90 Å². The van der Waals surface area contributed by atoms with Crippen LogP contribution in [0.3, 0.4) is 0 Å². The number of hydrogen-bond donors (Lipinski definition) is 0. The van der Waals surface area contributed by atoms with Gasteiger partial charge in [0.05, 0.1) is 5.02 Å². The first-order chi connectivity index (χ1) is 10.6. The van der Waals surface area contributed by atoms with Crippen LogP contribution < -0.4 is 9.64 Å². The third-order valence-corrected chi connectivity index (χ3v) is 3.11. The van der Waals surface area contributed by atoms with E-state index in [0.717, 1.165) is 0 Å². The Kier molecular flexibility index (Phi) is 9.36. The minimum atomic E-state index is -0.647. The topological polar surface area (TPSA) is 55.8 Å². The quantitative estimate of drug-likeness (QED) is 0.457. The van der Waals surface area contributed by atoms with Crippen LogP contribution in [0.5, 0.6) is 5.75 Å². The molecule has 0 saturated carbocycles. The van der Waals surface area contributed by atoms with Gasteiger partial charge >= 0.3 is 41.6 Å². The van der Waals surface area contributed by atoms with Crippen LogP contribution in [0.1, 0.15) is 48.0 Å². The van der Waals surface area contributed by atoms with Gasteiger partial charge in [0.15, 0.2) is 5.75 Å². The van der Waals surface area contributed by atoms with E-state index >= 15 is 0 Å². The fourth-order valence-electron chi connectivity index (χ4n) is 1.88. The number of halogens is 1. The van der Waals surface area contributed by atoms with Crippen LogP contribution in [-0.2, 0) is 9.53 Å². The Balaban J connectivity index is 0.00000529. The first kappa shape index (κ1) is 23.2. The van der Waals surface area contributed by atoms with E-state index in [9.17, 15) is 9.59 Å². The normalized spacial score (nSPS) is 10.8. The van der Waals surface area contributed by atoms with Crippen molar-refractivity contribution in [1.29, 1.82) is 0 Å². The molecule has 0 atom stereocenters. The molecule has 0 bridgehead atoms. The van der Waals surface area contributed by atoms with Crippen molar-refractivity contribution < 1.29 is 19.1 Å². The minimum absolute atomic E-state index is 0. The molecule has 7 heteroatoms. The molecular weight excluding hydrogens is 341 g/mol. The number of hydrogen-bond acceptors (Lipinski definition) is 4. The van der Waals surface area contributed by atoms with Gasteiger partial charge in [0, 0.05) is 12.5 Å². The molecule has 1 rings (SSSR count). The van der Waals surface area contributed by atoms with Crippen molar-refractivity contribution in [2.45, 2.75) is 59.6 Å². The Morgan fingerprint density at radius 1 is 1.25 bits per heavy atom. The fourth-order valence-corrected chi connectivity index (χ4v) is 2.13. The predicted molar refractivity (Wildman–Crippen MR) is 98.4 cm³/mol. The number of carbonyl (C=O) groups is 2. The molecule has 1 aromatic carbocycles. The number of amides is 1. The SMILES string of the molecule is CCC(=O)Oc1cccc(Cl)c1N(C(=O)OC(C)(C)C)C(C)C.[NaH]. The van der Waals surface area contributed by atoms with Gasteiger partial charge in [0.2, 0.25) is 0 Å². The van der Waals surface area contributed by atoms with Gasteiger partial charge < -0.3 is 9.47 Å². The number of esters is 1. The van der Waals surface area contributed by atoms with Crippen molar-refractivity contribution in [1.82, 2.24) is 0 Å². The molecule has 0 aromatic heterocycles. The Hall–Kier alpha value is -0.750. The van der Waals surface area contributed by atoms with E-state index in [2.05, 4.69) is 0 Å². The monoisotopic (exact) mass is 365 g/mol. The van der Waals surface area contributed by atoms with Crippen molar-refractivity contribution in [3.63, 3.8) is 0 Å². The molecule has 0 radical (unpaired) electrons. The standard InChI is InChI=1S/C17H24ClNO4.Na.H/c1-7-14(20)22-13-10-8-9-12(18)15(13)19(11(2)3)16(21)23-17(4,5)6;;/h8-11H,7H2,1-6H3;;. The zero-order valence-electron chi connectivity index (χ0n) is 14.5. The number of benzene rings is 1. The maximum atomic E-state index is 12.6. The van der Waals surface area contributed by atoms with Crippen LogP contribution in [0.4, 0.5) is 10.5 Å². The Bertz CT molecular complexity index is 584. The summed E-state index contributed by atoms with van der Waals surface area (Å²) in [4.78, 5) is 25.6. The van der Waals surface area contributed by atoms with Crippen LogP contribution in [0.25, 0.3) is 0 Å². The van der Waals surface area contributed by atoms with Gasteiger partial charge in [-0.05, 0) is 46.8 Å². The van der Waals surface area contributed by atoms with E-state index in [1.807, 2.05) is 13.8 Å². The number of nitrogens with zero attached hydrogens (tertiary/aromatic N) is 1. The summed E-state index contributed by atoms with van der Waals surface area (Å²) < 4.78 is 10.8. The second-order valence-electron chi connectivity index (χ2n) is 6.36. The number of para-hydroxylation sites is 1. The Morgan fingerprint density at radius 3 is 2.29 bits per heavy atom. The van der Waals surface area contributed by atoms with Crippen molar-refractivity contribution in [3.8, 4) is 5.75 Å². The van der Waals surface area contributed by atoms with Gasteiger partial charge in [-0.1, -0.05) is 24.6 Å². The molecule has 24 heavy (non-hydrogen) atoms. The van der Waals surface area contributed by atoms with Gasteiger partial charge in [-0.3, -0.25) is 9.69 Å². The number of carbonyl (C=O) groups excluding carboxylic acids is 2. The molecule has 0 N–H and O–H groups in total. The van der Waals surface area contributed by atoms with Crippen LogP contribution >= 0.6 is 11.6 Å². The summed E-state index contributed by atoms with van der Waals surface area (Å²) in [5.41, 5.74) is -0.314. The predicted octanol–water partition coefficient (Wildman–Crippen LogP) is 4.16. The van der Waals surface area contributed by atoms with Gasteiger partial charge in [0.1, 0.15) is 11.3 Å². The molecule has 0 heterocycles. The van der Waals surface area contributed by atoms with Gasteiger partial charge in [-0.25, -0.2) is 4.79 Å². The summed E-state index contributed by atoms with van der Waals surface area (Å²) in [6.45, 7) is 10.7. The molecule has 1 aromatic rings. The third kappa shape index (κ3) is 6.63. The molecule has 0 spiro atoms. The Morgan fingerprint density at radius 2 is 1.83 bits per heavy atom. The van der Waals surface area contributed by atoms with Gasteiger partial charge in [-0.15, -0.1) is 0 Å². The molecular formula is C17H25ClNNaO4. The van der Waals surface area contributed by atoms with Crippen molar-refractivity contribution >= 4 is 58.9 Å². The summed E-state index contributed by atoms with van der Waals surface area (Å²) in [5, 5.41) is 0.311. The van der Waals surface area contributed by atoms with Gasteiger partial charge in [0.25, 0.3) is 0 Å². The van der Waals surface area contributed by atoms with Crippen molar-refractivity contribution in [3.05, 3.63) is 23.2 Å². The molecule has 130 valence electrons. The van der Waals surface area contributed by atoms with Crippen LogP contribution in [0.2, 0.25) is 5.02 Å². The summed E-state index contributed by atoms with van der Waals surface area (Å²) in [5.74, 6) is -0.162. The third-order valence-electron chi connectivity index (χ3n) is 2.81. The van der Waals surface area contributed by atoms with E-state index in [4.69, 9.17) is 21.1 Å². The Labute approximate surface area is 170 Å². The first-order valence-corrected chi connectivity index (χ1v) is 7.96. The molecule has 0 aliphatic rings. The molecule has 0 fully saturated rings. The zero-order valence-corrected chi connectivity index (χ0v) is 15.2. The van der Waals surface area contributed by atoms with Crippen LogP contribution in [-0.4, -0.2) is 53.3 Å². The van der Waals surface area contributed by atoms with Crippen LogP contribution in [0, 0.1) is 0 Å². The van der Waals surface area contributed by atoms with Crippen LogP contribution in [0.15, 0.2) is 18.2 Å². The molecule has 0 aliphatic carbocycles. The molecule has 5 nitrogen and oxygen atoms in total. The summed E-state index contributed by atoms with van der Waals surface area (Å²) in [6.07, 6.45) is -0.325. The second-order valence-corrected chi connectivity index (χ2v) is 6.77. The maximum absolute atomic E-state index is 12.6. The average Bonchev–Trinajstić information content (AvgIpc) is 2.39. The number of rotatable bonds is 4. The summed E-state index contributed by atoms with van der Waals surface area (Å²) >= 11 is 6.27. The first-order valence-electron chi connectivity index (χ1n) is 7.58. The number of ether oxygens (including phenoxy) is 2. The number of anilines is 1. The molecule has 0 unspecified atom stereocenters. The molecule has 0 saturated heterocycles. The molecule has 1 amide bonds. The van der Waals surface area contributed by atoms with E-state index in [1.165, 1.54) is 4.90 Å². The fraction of sp³-hybridized carbons (Fsp3) is 0.529. The van der Waals surface area contributed by atoms with E-state index in [1.54, 1.807) is 45.9 Å². The summed E-state index contributed by atoms with van der Waals surface area (Å²) in [6, 6.07) is 4.68. The van der Waals surface area contributed by atoms with Crippen molar-refractivity contribution in [2.24, 2.45) is 0 Å². The summed E-state index contributed by atoms with van der Waals surface area (Å²) in [7, 11) is 0. The van der Waals surface area contributed by atoms with E-state index in [-0.39, 0.29) is 47.8 Å². The zero-order chi connectivity index (χ0) is 17.8. The average molecular weight is 366 g/mol. The van der Waals surface area contributed by atoms with Gasteiger partial charge in [-0.2, -0.15) is 0 Å².